The minimum absolute atomic E-state index is 0.291. The molecule has 38 heavy (non-hydrogen) atoms. The topological polar surface area (TPSA) is 70.6 Å². The summed E-state index contributed by atoms with van der Waals surface area (Å²) < 4.78 is 0.951. The molecule has 6 rings (SSSR count). The zero-order valence-corrected chi connectivity index (χ0v) is 21.5. The van der Waals surface area contributed by atoms with E-state index in [1.807, 2.05) is 60.7 Å². The molecule has 5 nitrogen and oxygen atoms in total. The lowest BCUT2D eigenvalue weighted by atomic mass is 9.97. The molecule has 7 heteroatoms. The smallest absolute Gasteiger partial charge is 0.271 e. The maximum Gasteiger partial charge on any atom is 0.271 e. The summed E-state index contributed by atoms with van der Waals surface area (Å²) in [6, 6.07) is 32.6. The number of amides is 2. The second-order valence-corrected chi connectivity index (χ2v) is 10.1. The Morgan fingerprint density at radius 1 is 0.737 bits per heavy atom. The van der Waals surface area contributed by atoms with Crippen molar-refractivity contribution in [2.75, 3.05) is 5.32 Å². The fourth-order valence-electron chi connectivity index (χ4n) is 4.46. The van der Waals surface area contributed by atoms with E-state index in [9.17, 15) is 9.59 Å². The number of anilines is 1. The summed E-state index contributed by atoms with van der Waals surface area (Å²) in [4.78, 5) is 26.0. The number of hydrogen-bond acceptors (Lipinski definition) is 4. The first-order chi connectivity index (χ1) is 18.6. The Morgan fingerprint density at radius 3 is 2.00 bits per heavy atom. The van der Waals surface area contributed by atoms with Crippen molar-refractivity contribution >= 4 is 78.3 Å². The molecule has 1 heterocycles. The van der Waals surface area contributed by atoms with E-state index in [1.54, 1.807) is 30.5 Å². The summed E-state index contributed by atoms with van der Waals surface area (Å²) in [6.07, 6.45) is 1.69. The Balaban J connectivity index is 1.17. The monoisotopic (exact) mass is 533 g/mol. The number of halogens is 1. The van der Waals surface area contributed by atoms with Crippen LogP contribution in [0.1, 0.15) is 25.6 Å². The molecule has 0 aliphatic carbocycles. The molecule has 0 aliphatic heterocycles. The molecular weight excluding hydrogens is 514 g/mol. The number of nitrogens with one attached hydrogen (secondary N) is 2. The van der Waals surface area contributed by atoms with Gasteiger partial charge in [-0.25, -0.2) is 5.43 Å². The van der Waals surface area contributed by atoms with Gasteiger partial charge in [0.15, 0.2) is 0 Å². The number of hydrogen-bond donors (Lipinski definition) is 2. The van der Waals surface area contributed by atoms with Crippen molar-refractivity contribution in [1.29, 1.82) is 0 Å². The molecule has 0 saturated carbocycles. The van der Waals surface area contributed by atoms with Gasteiger partial charge in [-0.1, -0.05) is 78.3 Å². The quantitative estimate of drug-likeness (QED) is 0.134. The molecule has 0 spiro atoms. The normalized spacial score (nSPS) is 11.4. The molecule has 0 bridgehead atoms. The van der Waals surface area contributed by atoms with E-state index < -0.39 is 0 Å². The fourth-order valence-corrected chi connectivity index (χ4v) is 5.87. The maximum atomic E-state index is 12.8. The molecule has 0 radical (unpaired) electrons. The third-order valence-electron chi connectivity index (χ3n) is 6.32. The first-order valence-corrected chi connectivity index (χ1v) is 13.1. The van der Waals surface area contributed by atoms with Crippen LogP contribution in [0.3, 0.4) is 0 Å². The lowest BCUT2D eigenvalue weighted by Crippen LogP contribution is -2.18. The van der Waals surface area contributed by atoms with Crippen LogP contribution in [0.4, 0.5) is 5.69 Å². The van der Waals surface area contributed by atoms with Crippen molar-refractivity contribution in [2.24, 2.45) is 5.10 Å². The van der Waals surface area contributed by atoms with Gasteiger partial charge >= 0.3 is 0 Å². The Labute approximate surface area is 227 Å². The average Bonchev–Trinajstić information content (AvgIpc) is 3.29. The van der Waals surface area contributed by atoms with Crippen molar-refractivity contribution in [2.45, 2.75) is 0 Å². The van der Waals surface area contributed by atoms with Crippen LogP contribution in [0.5, 0.6) is 0 Å². The van der Waals surface area contributed by atoms with Crippen LogP contribution in [0.25, 0.3) is 31.6 Å². The molecule has 6 aromatic rings. The minimum Gasteiger partial charge on any atom is -0.321 e. The Bertz CT molecular complexity index is 1820. The van der Waals surface area contributed by atoms with E-state index >= 15 is 0 Å². The molecule has 0 fully saturated rings. The fraction of sp³-hybridized carbons (Fsp3) is 0. The molecule has 1 aromatic heterocycles. The number of nitrogens with zero attached hydrogens (tertiary/aromatic N) is 1. The highest BCUT2D eigenvalue weighted by molar-refractivity contribution is 7.21. The number of carbonyl (C=O) groups is 2. The molecule has 0 aliphatic rings. The van der Waals surface area contributed by atoms with Gasteiger partial charge in [0, 0.05) is 26.9 Å². The lowest BCUT2D eigenvalue weighted by Gasteiger charge is -2.08. The number of benzene rings is 5. The predicted octanol–water partition coefficient (Wildman–Crippen LogP) is 7.88. The van der Waals surface area contributed by atoms with Gasteiger partial charge in [-0.05, 0) is 57.9 Å². The van der Waals surface area contributed by atoms with Gasteiger partial charge < -0.3 is 5.32 Å². The molecule has 2 amide bonds. The summed E-state index contributed by atoms with van der Waals surface area (Å²) in [7, 11) is 0. The van der Waals surface area contributed by atoms with E-state index in [-0.39, 0.29) is 11.8 Å². The molecule has 184 valence electrons. The van der Waals surface area contributed by atoms with Crippen molar-refractivity contribution in [1.82, 2.24) is 5.43 Å². The molecule has 2 N–H and O–H groups in total. The lowest BCUT2D eigenvalue weighted by molar-refractivity contribution is 0.0954. The van der Waals surface area contributed by atoms with Crippen LogP contribution in [0, 0.1) is 0 Å². The summed E-state index contributed by atoms with van der Waals surface area (Å²) in [5.41, 5.74) is 4.53. The Hall–Kier alpha value is -4.52. The summed E-state index contributed by atoms with van der Waals surface area (Å²) in [5.74, 6) is -0.642. The molecular formula is C31H20ClN3O2S. The number of hydrazone groups is 1. The molecule has 5 aromatic carbocycles. The van der Waals surface area contributed by atoms with E-state index in [0.717, 1.165) is 37.2 Å². The van der Waals surface area contributed by atoms with E-state index in [1.165, 1.54) is 11.3 Å². The van der Waals surface area contributed by atoms with Crippen LogP contribution >= 0.6 is 22.9 Å². The number of rotatable bonds is 5. The van der Waals surface area contributed by atoms with E-state index in [4.69, 9.17) is 11.6 Å². The first-order valence-electron chi connectivity index (χ1n) is 11.9. The second-order valence-electron chi connectivity index (χ2n) is 8.70. The first kappa shape index (κ1) is 23.9. The van der Waals surface area contributed by atoms with Gasteiger partial charge in [-0.2, -0.15) is 5.10 Å². The van der Waals surface area contributed by atoms with Crippen molar-refractivity contribution in [3.8, 4) is 0 Å². The second kappa shape index (κ2) is 10.1. The SMILES string of the molecule is O=C(N/N=C\c1c2ccccc2cc2ccccc12)c1ccc(NC(=O)c2sc3ccccc3c2Cl)cc1. The largest absolute Gasteiger partial charge is 0.321 e. The van der Waals surface area contributed by atoms with E-state index in [2.05, 4.69) is 34.0 Å². The van der Waals surface area contributed by atoms with Gasteiger partial charge in [-0.3, -0.25) is 9.59 Å². The summed E-state index contributed by atoms with van der Waals surface area (Å²) >= 11 is 7.77. The van der Waals surface area contributed by atoms with Gasteiger partial charge in [0.25, 0.3) is 11.8 Å². The van der Waals surface area contributed by atoms with Crippen LogP contribution in [0.2, 0.25) is 5.02 Å². The van der Waals surface area contributed by atoms with Crippen LogP contribution in [0.15, 0.2) is 108 Å². The van der Waals surface area contributed by atoms with Gasteiger partial charge in [0.05, 0.1) is 11.2 Å². The standard InChI is InChI=1S/C31H20ClN3O2S/c32-28-25-11-5-6-12-27(25)38-29(28)31(37)34-22-15-13-19(14-16-22)30(36)35-33-18-26-23-9-3-1-7-20(23)17-21-8-2-4-10-24(21)26/h1-18H,(H,34,37)(H,35,36)/b33-18-. The predicted molar refractivity (Wildman–Crippen MR) is 158 cm³/mol. The molecule has 0 atom stereocenters. The Morgan fingerprint density at radius 2 is 1.34 bits per heavy atom. The summed E-state index contributed by atoms with van der Waals surface area (Å²) in [5, 5.41) is 12.7. The zero-order chi connectivity index (χ0) is 26.1. The van der Waals surface area contributed by atoms with E-state index in [0.29, 0.717) is 21.2 Å². The van der Waals surface area contributed by atoms with Crippen molar-refractivity contribution in [3.63, 3.8) is 0 Å². The minimum atomic E-state index is -0.351. The van der Waals surface area contributed by atoms with Crippen LogP contribution in [-0.2, 0) is 0 Å². The molecule has 0 unspecified atom stereocenters. The van der Waals surface area contributed by atoms with Gasteiger partial charge in [0.2, 0.25) is 0 Å². The number of fused-ring (bicyclic) bond motifs is 3. The maximum absolute atomic E-state index is 12.8. The van der Waals surface area contributed by atoms with Crippen molar-refractivity contribution in [3.05, 3.63) is 124 Å². The zero-order valence-electron chi connectivity index (χ0n) is 19.9. The van der Waals surface area contributed by atoms with Crippen LogP contribution < -0.4 is 10.7 Å². The van der Waals surface area contributed by atoms with Crippen molar-refractivity contribution < 1.29 is 9.59 Å². The average molecular weight is 534 g/mol. The third kappa shape index (κ3) is 4.52. The van der Waals surface area contributed by atoms with Gasteiger partial charge in [-0.15, -0.1) is 11.3 Å². The van der Waals surface area contributed by atoms with Crippen LogP contribution in [-0.4, -0.2) is 18.0 Å². The summed E-state index contributed by atoms with van der Waals surface area (Å²) in [6.45, 7) is 0. The third-order valence-corrected chi connectivity index (χ3v) is 7.99. The Kier molecular flexibility index (Phi) is 6.33. The number of thiophene rings is 1. The highest BCUT2D eigenvalue weighted by Crippen LogP contribution is 2.35. The highest BCUT2D eigenvalue weighted by Gasteiger charge is 2.17. The molecule has 0 saturated heterocycles. The van der Waals surface area contributed by atoms with Gasteiger partial charge in [0.1, 0.15) is 4.88 Å². The number of carbonyl (C=O) groups excluding carboxylic acids is 2. The highest BCUT2D eigenvalue weighted by atomic mass is 35.5.